The zero-order valence-electron chi connectivity index (χ0n) is 15.0. The molecule has 5 nitrogen and oxygen atoms in total. The molecule has 1 unspecified atom stereocenters. The highest BCUT2D eigenvalue weighted by atomic mass is 32.1. The third-order valence-electron chi connectivity index (χ3n) is 4.36. The first-order chi connectivity index (χ1) is 13.2. The fourth-order valence-corrected chi connectivity index (χ4v) is 3.86. The number of aromatic nitrogens is 3. The van der Waals surface area contributed by atoms with Crippen molar-refractivity contribution >= 4 is 27.4 Å². The Morgan fingerprint density at radius 3 is 2.70 bits per heavy atom. The number of fused-ring (bicyclic) bond motifs is 1. The molecule has 27 heavy (non-hydrogen) atoms. The van der Waals surface area contributed by atoms with Gasteiger partial charge in [0.2, 0.25) is 0 Å². The molecule has 4 rings (SSSR count). The lowest BCUT2D eigenvalue weighted by atomic mass is 10.1. The fraction of sp³-hybridized carbons (Fsp3) is 0.190. The van der Waals surface area contributed by atoms with Gasteiger partial charge in [-0.05, 0) is 30.2 Å². The van der Waals surface area contributed by atoms with E-state index < -0.39 is 6.10 Å². The van der Waals surface area contributed by atoms with Crippen molar-refractivity contribution < 1.29 is 5.11 Å². The van der Waals surface area contributed by atoms with E-state index >= 15 is 0 Å². The number of aliphatic hydroxyl groups is 1. The van der Waals surface area contributed by atoms with E-state index in [0.717, 1.165) is 33.6 Å². The number of nitrogens with zero attached hydrogens (tertiary/aromatic N) is 3. The maximum Gasteiger partial charge on any atom is 0.164 e. The smallest absolute Gasteiger partial charge is 0.164 e. The van der Waals surface area contributed by atoms with E-state index in [9.17, 15) is 5.11 Å². The molecular formula is C21H20N4OS. The van der Waals surface area contributed by atoms with Gasteiger partial charge in [-0.25, -0.2) is 9.97 Å². The highest BCUT2D eigenvalue weighted by molar-refractivity contribution is 7.18. The summed E-state index contributed by atoms with van der Waals surface area (Å²) in [5.74, 6) is 1.38. The van der Waals surface area contributed by atoms with Gasteiger partial charge in [-0.15, -0.1) is 11.3 Å². The predicted octanol–water partition coefficient (Wildman–Crippen LogP) is 4.46. The number of benzene rings is 1. The van der Waals surface area contributed by atoms with Crippen LogP contribution >= 0.6 is 11.3 Å². The predicted molar refractivity (Wildman–Crippen MR) is 110 cm³/mol. The van der Waals surface area contributed by atoms with Crippen LogP contribution in [-0.2, 0) is 6.42 Å². The van der Waals surface area contributed by atoms with Gasteiger partial charge in [0.15, 0.2) is 5.82 Å². The topological polar surface area (TPSA) is 70.9 Å². The Morgan fingerprint density at radius 1 is 1.11 bits per heavy atom. The zero-order valence-corrected chi connectivity index (χ0v) is 15.8. The maximum absolute atomic E-state index is 10.5. The van der Waals surface area contributed by atoms with Gasteiger partial charge in [-0.1, -0.05) is 37.3 Å². The van der Waals surface area contributed by atoms with Crippen LogP contribution in [0.15, 0.2) is 60.9 Å². The van der Waals surface area contributed by atoms with Crippen LogP contribution in [0.4, 0.5) is 5.82 Å². The van der Waals surface area contributed by atoms with Crippen LogP contribution in [0, 0.1) is 0 Å². The third kappa shape index (κ3) is 3.82. The Hall–Kier alpha value is -2.83. The van der Waals surface area contributed by atoms with Crippen LogP contribution in [0.5, 0.6) is 0 Å². The lowest BCUT2D eigenvalue weighted by molar-refractivity contribution is 0.191. The van der Waals surface area contributed by atoms with E-state index in [-0.39, 0.29) is 0 Å². The number of pyridine rings is 1. The summed E-state index contributed by atoms with van der Waals surface area (Å²) in [5, 5.41) is 14.8. The molecule has 1 atom stereocenters. The summed E-state index contributed by atoms with van der Waals surface area (Å²) in [6.07, 6.45) is 3.84. The summed E-state index contributed by atoms with van der Waals surface area (Å²) < 4.78 is 0. The number of rotatable bonds is 6. The van der Waals surface area contributed by atoms with Gasteiger partial charge in [0.25, 0.3) is 0 Å². The lowest BCUT2D eigenvalue weighted by Gasteiger charge is -2.14. The van der Waals surface area contributed by atoms with Crippen LogP contribution in [0.1, 0.15) is 23.5 Å². The molecule has 0 radical (unpaired) electrons. The van der Waals surface area contributed by atoms with Gasteiger partial charge >= 0.3 is 0 Å². The number of hydrogen-bond donors (Lipinski definition) is 2. The van der Waals surface area contributed by atoms with Crippen LogP contribution in [0.25, 0.3) is 21.6 Å². The molecule has 0 saturated heterocycles. The van der Waals surface area contributed by atoms with Gasteiger partial charge in [0, 0.05) is 29.4 Å². The van der Waals surface area contributed by atoms with E-state index in [0.29, 0.717) is 12.4 Å². The molecule has 0 bridgehead atoms. The number of hydrogen-bond acceptors (Lipinski definition) is 6. The van der Waals surface area contributed by atoms with Crippen molar-refractivity contribution in [1.29, 1.82) is 0 Å². The second-order valence-electron chi connectivity index (χ2n) is 6.23. The Balaban J connectivity index is 1.68. The SMILES string of the molecule is CCc1cc2c(NCC(O)c3ccccc3)nc(-c3cccnc3)nc2s1. The third-order valence-corrected chi connectivity index (χ3v) is 5.53. The number of aryl methyl sites for hydroxylation is 1. The Morgan fingerprint density at radius 2 is 1.96 bits per heavy atom. The van der Waals surface area contributed by atoms with Gasteiger partial charge in [0.05, 0.1) is 11.5 Å². The van der Waals surface area contributed by atoms with Crippen molar-refractivity contribution in [2.24, 2.45) is 0 Å². The average Bonchev–Trinajstić information content (AvgIpc) is 3.16. The van der Waals surface area contributed by atoms with Crippen molar-refractivity contribution in [3.05, 3.63) is 71.4 Å². The molecule has 3 heterocycles. The molecule has 6 heteroatoms. The standard InChI is InChI=1S/C21H20N4OS/c1-2-16-11-17-20(23-13-18(26)14-7-4-3-5-8-14)24-19(25-21(17)27-16)15-9-6-10-22-12-15/h3-12,18,26H,2,13H2,1H3,(H,23,24,25). The van der Waals surface area contributed by atoms with Crippen LogP contribution in [-0.4, -0.2) is 26.6 Å². The molecule has 4 aromatic rings. The first kappa shape index (κ1) is 17.6. The minimum Gasteiger partial charge on any atom is -0.387 e. The molecule has 0 aliphatic rings. The summed E-state index contributed by atoms with van der Waals surface area (Å²) in [5.41, 5.74) is 1.75. The highest BCUT2D eigenvalue weighted by Crippen LogP contribution is 2.31. The molecule has 136 valence electrons. The molecular weight excluding hydrogens is 356 g/mol. The number of thiophene rings is 1. The molecule has 0 amide bonds. The fourth-order valence-electron chi connectivity index (χ4n) is 2.89. The van der Waals surface area contributed by atoms with E-state index in [4.69, 9.17) is 9.97 Å². The summed E-state index contributed by atoms with van der Waals surface area (Å²) in [6, 6.07) is 15.6. The van der Waals surface area contributed by atoms with E-state index in [1.54, 1.807) is 23.7 Å². The molecule has 1 aromatic carbocycles. The molecule has 0 aliphatic carbocycles. The zero-order chi connectivity index (χ0) is 18.6. The molecule has 0 fully saturated rings. The quantitative estimate of drug-likeness (QED) is 0.520. The normalized spacial score (nSPS) is 12.2. The number of anilines is 1. The van der Waals surface area contributed by atoms with Crippen LogP contribution in [0.3, 0.4) is 0 Å². The van der Waals surface area contributed by atoms with Crippen molar-refractivity contribution in [2.45, 2.75) is 19.4 Å². The summed E-state index contributed by atoms with van der Waals surface area (Å²) >= 11 is 1.68. The van der Waals surface area contributed by atoms with Crippen molar-refractivity contribution in [2.75, 3.05) is 11.9 Å². The van der Waals surface area contributed by atoms with Crippen molar-refractivity contribution in [3.8, 4) is 11.4 Å². The molecule has 0 spiro atoms. The first-order valence-electron chi connectivity index (χ1n) is 8.92. The minimum atomic E-state index is -0.609. The maximum atomic E-state index is 10.5. The Labute approximate surface area is 161 Å². The molecule has 3 aromatic heterocycles. The van der Waals surface area contributed by atoms with E-state index in [1.165, 1.54) is 4.88 Å². The molecule has 0 saturated carbocycles. The number of nitrogens with one attached hydrogen (secondary N) is 1. The van der Waals surface area contributed by atoms with E-state index in [2.05, 4.69) is 23.3 Å². The van der Waals surface area contributed by atoms with Gasteiger partial charge in [0.1, 0.15) is 10.6 Å². The van der Waals surface area contributed by atoms with Crippen LogP contribution < -0.4 is 5.32 Å². The molecule has 2 N–H and O–H groups in total. The van der Waals surface area contributed by atoms with Crippen molar-refractivity contribution in [1.82, 2.24) is 15.0 Å². The first-order valence-corrected chi connectivity index (χ1v) is 9.74. The van der Waals surface area contributed by atoms with Gasteiger partial charge in [-0.3, -0.25) is 4.98 Å². The summed E-state index contributed by atoms with van der Waals surface area (Å²) in [6.45, 7) is 2.51. The number of aliphatic hydroxyl groups excluding tert-OH is 1. The largest absolute Gasteiger partial charge is 0.387 e. The van der Waals surface area contributed by atoms with Crippen LogP contribution in [0.2, 0.25) is 0 Å². The average molecular weight is 376 g/mol. The van der Waals surface area contributed by atoms with Gasteiger partial charge in [-0.2, -0.15) is 0 Å². The summed E-state index contributed by atoms with van der Waals surface area (Å²) in [4.78, 5) is 15.8. The monoisotopic (exact) mass is 376 g/mol. The molecule has 0 aliphatic heterocycles. The Bertz CT molecular complexity index is 1030. The summed E-state index contributed by atoms with van der Waals surface area (Å²) in [7, 11) is 0. The second kappa shape index (κ2) is 7.82. The minimum absolute atomic E-state index is 0.375. The van der Waals surface area contributed by atoms with E-state index in [1.807, 2.05) is 42.5 Å². The van der Waals surface area contributed by atoms with Crippen molar-refractivity contribution in [3.63, 3.8) is 0 Å². The highest BCUT2D eigenvalue weighted by Gasteiger charge is 2.14. The van der Waals surface area contributed by atoms with Gasteiger partial charge < -0.3 is 10.4 Å². The second-order valence-corrected chi connectivity index (χ2v) is 7.35. The Kier molecular flexibility index (Phi) is 5.09. The lowest BCUT2D eigenvalue weighted by Crippen LogP contribution is -2.13.